The molecule has 0 unspecified atom stereocenters. The molecular formula is C29H23BrN2O3. The number of nitrogens with zero attached hydrogens (tertiary/aromatic N) is 1. The highest BCUT2D eigenvalue weighted by Crippen LogP contribution is 2.32. The molecule has 0 aromatic heterocycles. The predicted molar refractivity (Wildman–Crippen MR) is 141 cm³/mol. The first-order valence-electron chi connectivity index (χ1n) is 11.3. The number of amides is 3. The molecule has 5 nitrogen and oxygen atoms in total. The molecular weight excluding hydrogens is 504 g/mol. The van der Waals surface area contributed by atoms with Gasteiger partial charge in [0.25, 0.3) is 5.91 Å². The summed E-state index contributed by atoms with van der Waals surface area (Å²) >= 11 is 3.45. The molecule has 174 valence electrons. The third-order valence-corrected chi connectivity index (χ3v) is 6.48. The summed E-state index contributed by atoms with van der Waals surface area (Å²) in [4.78, 5) is 27.1. The number of carbonyl (C=O) groups is 2. The predicted octanol–water partition coefficient (Wildman–Crippen LogP) is 6.58. The van der Waals surface area contributed by atoms with Crippen molar-refractivity contribution in [3.8, 4) is 5.75 Å². The van der Waals surface area contributed by atoms with Gasteiger partial charge in [-0.2, -0.15) is 0 Å². The topological polar surface area (TPSA) is 58.6 Å². The Balaban J connectivity index is 1.46. The van der Waals surface area contributed by atoms with Crippen molar-refractivity contribution in [2.24, 2.45) is 0 Å². The molecule has 1 heterocycles. The van der Waals surface area contributed by atoms with Gasteiger partial charge in [-0.3, -0.25) is 9.69 Å². The maximum atomic E-state index is 13.2. The maximum absolute atomic E-state index is 13.2. The minimum absolute atomic E-state index is 0.213. The second-order valence-corrected chi connectivity index (χ2v) is 9.39. The number of imide groups is 1. The van der Waals surface area contributed by atoms with Crippen LogP contribution in [0.3, 0.4) is 0 Å². The normalized spacial score (nSPS) is 14.6. The first-order valence-corrected chi connectivity index (χ1v) is 12.1. The number of urea groups is 1. The number of ether oxygens (including phenoxy) is 1. The third kappa shape index (κ3) is 4.98. The Bertz CT molecular complexity index is 1440. The molecule has 1 fully saturated rings. The standard InChI is InChI=1S/C29H23BrN2O3/c1-19-6-8-20(9-7-19)17-32-28(33)26(31-29(32)34)16-25-24-5-3-2-4-22(24)12-15-27(25)35-18-21-10-13-23(30)14-11-21/h2-16H,17-18H2,1H3,(H,31,34)/b26-16+. The first kappa shape index (κ1) is 22.9. The zero-order valence-corrected chi connectivity index (χ0v) is 20.7. The molecule has 4 aromatic rings. The number of hydrogen-bond donors (Lipinski definition) is 1. The summed E-state index contributed by atoms with van der Waals surface area (Å²) in [6, 6.07) is 27.1. The summed E-state index contributed by atoms with van der Waals surface area (Å²) in [5.41, 5.74) is 4.02. The Morgan fingerprint density at radius 3 is 2.37 bits per heavy atom. The molecule has 5 rings (SSSR count). The van der Waals surface area contributed by atoms with Gasteiger partial charge in [0.2, 0.25) is 0 Å². The molecule has 0 spiro atoms. The van der Waals surface area contributed by atoms with Gasteiger partial charge in [0.05, 0.1) is 6.54 Å². The van der Waals surface area contributed by atoms with Gasteiger partial charge >= 0.3 is 6.03 Å². The number of fused-ring (bicyclic) bond motifs is 1. The van der Waals surface area contributed by atoms with Crippen LogP contribution in [0.2, 0.25) is 0 Å². The highest BCUT2D eigenvalue weighted by Gasteiger charge is 2.33. The first-order chi connectivity index (χ1) is 17.0. The van der Waals surface area contributed by atoms with Crippen molar-refractivity contribution in [2.45, 2.75) is 20.1 Å². The van der Waals surface area contributed by atoms with Crippen molar-refractivity contribution >= 4 is 44.7 Å². The molecule has 3 amide bonds. The Morgan fingerprint density at radius 2 is 1.60 bits per heavy atom. The minimum Gasteiger partial charge on any atom is -0.488 e. The van der Waals surface area contributed by atoms with Crippen LogP contribution in [0, 0.1) is 6.92 Å². The number of benzene rings is 4. The van der Waals surface area contributed by atoms with Crippen LogP contribution in [0.15, 0.2) is 95.1 Å². The molecule has 0 radical (unpaired) electrons. The maximum Gasteiger partial charge on any atom is 0.329 e. The molecule has 0 bridgehead atoms. The van der Waals surface area contributed by atoms with Gasteiger partial charge in [-0.25, -0.2) is 4.79 Å². The van der Waals surface area contributed by atoms with Gasteiger partial charge in [0, 0.05) is 10.0 Å². The van der Waals surface area contributed by atoms with E-state index in [1.54, 1.807) is 6.08 Å². The van der Waals surface area contributed by atoms with Crippen LogP contribution in [0.4, 0.5) is 4.79 Å². The average Bonchev–Trinajstić information content (AvgIpc) is 3.13. The molecule has 0 atom stereocenters. The second kappa shape index (κ2) is 9.76. The van der Waals surface area contributed by atoms with Crippen LogP contribution >= 0.6 is 15.9 Å². The number of carbonyl (C=O) groups excluding carboxylic acids is 2. The van der Waals surface area contributed by atoms with Crippen molar-refractivity contribution in [1.29, 1.82) is 0 Å². The van der Waals surface area contributed by atoms with E-state index >= 15 is 0 Å². The smallest absolute Gasteiger partial charge is 0.329 e. The fraction of sp³-hybridized carbons (Fsp3) is 0.103. The van der Waals surface area contributed by atoms with Crippen molar-refractivity contribution in [2.75, 3.05) is 0 Å². The SMILES string of the molecule is Cc1ccc(CN2C(=O)N/C(=C/c3c(OCc4ccc(Br)cc4)ccc4ccccc34)C2=O)cc1. The number of halogens is 1. The number of rotatable bonds is 6. The van der Waals surface area contributed by atoms with Gasteiger partial charge < -0.3 is 10.1 Å². The molecule has 35 heavy (non-hydrogen) atoms. The highest BCUT2D eigenvalue weighted by atomic mass is 79.9. The van der Waals surface area contributed by atoms with Crippen LogP contribution in [0.25, 0.3) is 16.8 Å². The summed E-state index contributed by atoms with van der Waals surface area (Å²) in [6.45, 7) is 2.59. The van der Waals surface area contributed by atoms with Gasteiger partial charge in [0.15, 0.2) is 0 Å². The van der Waals surface area contributed by atoms with E-state index in [0.29, 0.717) is 12.4 Å². The lowest BCUT2D eigenvalue weighted by atomic mass is 10.0. The molecule has 0 aliphatic carbocycles. The lowest BCUT2D eigenvalue weighted by Crippen LogP contribution is -2.30. The monoisotopic (exact) mass is 526 g/mol. The number of aryl methyl sites for hydroxylation is 1. The lowest BCUT2D eigenvalue weighted by Gasteiger charge is -2.13. The van der Waals surface area contributed by atoms with E-state index in [0.717, 1.165) is 37.5 Å². The van der Waals surface area contributed by atoms with E-state index in [1.165, 1.54) is 4.90 Å². The molecule has 1 aliphatic rings. The molecule has 1 aliphatic heterocycles. The third-order valence-electron chi connectivity index (χ3n) is 5.95. The summed E-state index contributed by atoms with van der Waals surface area (Å²) in [5, 5.41) is 4.70. The van der Waals surface area contributed by atoms with Crippen molar-refractivity contribution in [3.05, 3.63) is 117 Å². The van der Waals surface area contributed by atoms with E-state index in [2.05, 4.69) is 21.2 Å². The van der Waals surface area contributed by atoms with Gasteiger partial charge in [0.1, 0.15) is 18.1 Å². The highest BCUT2D eigenvalue weighted by molar-refractivity contribution is 9.10. The van der Waals surface area contributed by atoms with E-state index in [9.17, 15) is 9.59 Å². The van der Waals surface area contributed by atoms with E-state index in [1.807, 2.05) is 91.9 Å². The Hall–Kier alpha value is -3.90. The fourth-order valence-corrected chi connectivity index (χ4v) is 4.29. The Labute approximate surface area is 212 Å². The van der Waals surface area contributed by atoms with E-state index in [4.69, 9.17) is 4.74 Å². The minimum atomic E-state index is -0.431. The van der Waals surface area contributed by atoms with Crippen LogP contribution in [0.1, 0.15) is 22.3 Å². The lowest BCUT2D eigenvalue weighted by molar-refractivity contribution is -0.123. The van der Waals surface area contributed by atoms with Gasteiger partial charge in [-0.15, -0.1) is 0 Å². The molecule has 1 N–H and O–H groups in total. The van der Waals surface area contributed by atoms with Crippen molar-refractivity contribution in [1.82, 2.24) is 10.2 Å². The Kier molecular flexibility index (Phi) is 6.38. The van der Waals surface area contributed by atoms with Gasteiger partial charge in [-0.1, -0.05) is 88.2 Å². The summed E-state index contributed by atoms with van der Waals surface area (Å²) < 4.78 is 7.18. The molecule has 6 heteroatoms. The van der Waals surface area contributed by atoms with Crippen LogP contribution in [0.5, 0.6) is 5.75 Å². The average molecular weight is 527 g/mol. The van der Waals surface area contributed by atoms with E-state index in [-0.39, 0.29) is 18.1 Å². The van der Waals surface area contributed by atoms with Gasteiger partial charge in [-0.05, 0) is 53.1 Å². The molecule has 0 saturated carbocycles. The van der Waals surface area contributed by atoms with E-state index < -0.39 is 6.03 Å². The van der Waals surface area contributed by atoms with Crippen LogP contribution in [-0.4, -0.2) is 16.8 Å². The summed E-state index contributed by atoms with van der Waals surface area (Å²) in [6.07, 6.45) is 1.72. The number of nitrogens with one attached hydrogen (secondary N) is 1. The quantitative estimate of drug-likeness (QED) is 0.228. The fourth-order valence-electron chi connectivity index (χ4n) is 4.03. The Morgan fingerprint density at radius 1 is 0.886 bits per heavy atom. The van der Waals surface area contributed by atoms with Crippen molar-refractivity contribution < 1.29 is 14.3 Å². The van der Waals surface area contributed by atoms with Crippen molar-refractivity contribution in [3.63, 3.8) is 0 Å². The second-order valence-electron chi connectivity index (χ2n) is 8.48. The zero-order chi connectivity index (χ0) is 24.4. The summed E-state index contributed by atoms with van der Waals surface area (Å²) in [7, 11) is 0. The zero-order valence-electron chi connectivity index (χ0n) is 19.1. The largest absolute Gasteiger partial charge is 0.488 e. The van der Waals surface area contributed by atoms with Crippen LogP contribution in [-0.2, 0) is 17.9 Å². The molecule has 1 saturated heterocycles. The summed E-state index contributed by atoms with van der Waals surface area (Å²) in [5.74, 6) is 0.278. The van der Waals surface area contributed by atoms with Crippen LogP contribution < -0.4 is 10.1 Å². The molecule has 4 aromatic carbocycles. The number of hydrogen-bond acceptors (Lipinski definition) is 3.